The molecule has 102 valence electrons. The molecule has 0 aliphatic heterocycles. The van der Waals surface area contributed by atoms with Crippen LogP contribution in [0, 0.1) is 6.92 Å². The van der Waals surface area contributed by atoms with Gasteiger partial charge in [-0.2, -0.15) is 0 Å². The summed E-state index contributed by atoms with van der Waals surface area (Å²) in [5, 5.41) is 0. The molecule has 0 aliphatic rings. The Morgan fingerprint density at radius 2 is 1.89 bits per heavy atom. The van der Waals surface area contributed by atoms with Crippen molar-refractivity contribution in [2.24, 2.45) is 5.73 Å². The quantitative estimate of drug-likeness (QED) is 0.895. The van der Waals surface area contributed by atoms with E-state index in [1.165, 1.54) is 11.1 Å². The minimum atomic E-state index is 0.584. The second-order valence-corrected chi connectivity index (χ2v) is 5.34. The standard InChI is InChI=1S/C16H23N3/c1-12(2)15-6-4-14(5-7-15)10-19-11-16(8-9-17)18-13(19)3/h4-7,11-12H,8-10,17H2,1-3H3. The monoisotopic (exact) mass is 257 g/mol. The Morgan fingerprint density at radius 1 is 1.21 bits per heavy atom. The van der Waals surface area contributed by atoms with Crippen molar-refractivity contribution in [1.82, 2.24) is 9.55 Å². The summed E-state index contributed by atoms with van der Waals surface area (Å²) in [5.74, 6) is 1.64. The Morgan fingerprint density at radius 3 is 2.47 bits per heavy atom. The molecule has 1 aromatic carbocycles. The van der Waals surface area contributed by atoms with Crippen LogP contribution in [0.3, 0.4) is 0 Å². The van der Waals surface area contributed by atoms with E-state index in [9.17, 15) is 0 Å². The molecule has 0 amide bonds. The number of nitrogens with two attached hydrogens (primary N) is 1. The second kappa shape index (κ2) is 6.02. The van der Waals surface area contributed by atoms with Gasteiger partial charge >= 0.3 is 0 Å². The van der Waals surface area contributed by atoms with Crippen LogP contribution in [-0.2, 0) is 13.0 Å². The number of nitrogens with zero attached hydrogens (tertiary/aromatic N) is 2. The summed E-state index contributed by atoms with van der Waals surface area (Å²) >= 11 is 0. The molecule has 0 radical (unpaired) electrons. The predicted octanol–water partition coefficient (Wildman–Crippen LogP) is 2.86. The van der Waals surface area contributed by atoms with E-state index in [0.29, 0.717) is 12.5 Å². The van der Waals surface area contributed by atoms with Crippen molar-refractivity contribution in [2.75, 3.05) is 6.54 Å². The first kappa shape index (κ1) is 13.8. The zero-order valence-electron chi connectivity index (χ0n) is 12.1. The largest absolute Gasteiger partial charge is 0.330 e. The van der Waals surface area contributed by atoms with Crippen molar-refractivity contribution >= 4 is 0 Å². The highest BCUT2D eigenvalue weighted by Gasteiger charge is 2.05. The summed E-state index contributed by atoms with van der Waals surface area (Å²) in [6.45, 7) is 8.01. The SMILES string of the molecule is Cc1nc(CCN)cn1Cc1ccc(C(C)C)cc1. The Bertz CT molecular complexity index is 523. The maximum absolute atomic E-state index is 5.57. The molecule has 0 unspecified atom stereocenters. The lowest BCUT2D eigenvalue weighted by Crippen LogP contribution is -2.03. The van der Waals surface area contributed by atoms with Crippen molar-refractivity contribution in [3.05, 3.63) is 53.1 Å². The van der Waals surface area contributed by atoms with Gasteiger partial charge in [0.25, 0.3) is 0 Å². The Hall–Kier alpha value is -1.61. The number of rotatable bonds is 5. The van der Waals surface area contributed by atoms with Gasteiger partial charge < -0.3 is 10.3 Å². The topological polar surface area (TPSA) is 43.8 Å². The van der Waals surface area contributed by atoms with E-state index in [0.717, 1.165) is 24.5 Å². The average Bonchev–Trinajstić information content (AvgIpc) is 2.71. The fourth-order valence-corrected chi connectivity index (χ4v) is 2.21. The van der Waals surface area contributed by atoms with Gasteiger partial charge in [-0.1, -0.05) is 38.1 Å². The zero-order valence-corrected chi connectivity index (χ0v) is 12.1. The normalized spacial score (nSPS) is 11.2. The molecule has 0 fully saturated rings. The van der Waals surface area contributed by atoms with Crippen LogP contribution >= 0.6 is 0 Å². The van der Waals surface area contributed by atoms with E-state index in [-0.39, 0.29) is 0 Å². The number of aromatic nitrogens is 2. The summed E-state index contributed by atoms with van der Waals surface area (Å²) in [6.07, 6.45) is 2.96. The molecule has 0 bridgehead atoms. The molecule has 0 saturated heterocycles. The highest BCUT2D eigenvalue weighted by atomic mass is 15.1. The van der Waals surface area contributed by atoms with Gasteiger partial charge in [0.2, 0.25) is 0 Å². The van der Waals surface area contributed by atoms with Crippen LogP contribution in [0.5, 0.6) is 0 Å². The van der Waals surface area contributed by atoms with Gasteiger partial charge in [-0.15, -0.1) is 0 Å². The molecule has 2 rings (SSSR count). The van der Waals surface area contributed by atoms with Gasteiger partial charge in [-0.05, 0) is 30.5 Å². The Kier molecular flexibility index (Phi) is 4.38. The lowest BCUT2D eigenvalue weighted by Gasteiger charge is -2.08. The van der Waals surface area contributed by atoms with E-state index in [1.54, 1.807) is 0 Å². The number of aryl methyl sites for hydroxylation is 1. The van der Waals surface area contributed by atoms with Crippen molar-refractivity contribution < 1.29 is 0 Å². The Labute approximate surface area is 115 Å². The first-order valence-electron chi connectivity index (χ1n) is 6.91. The van der Waals surface area contributed by atoms with Gasteiger partial charge in [0.05, 0.1) is 5.69 Å². The van der Waals surface area contributed by atoms with Crippen LogP contribution in [0.25, 0.3) is 0 Å². The molecule has 0 atom stereocenters. The number of hydrogen-bond acceptors (Lipinski definition) is 2. The molecule has 3 heteroatoms. The van der Waals surface area contributed by atoms with Crippen molar-refractivity contribution in [3.63, 3.8) is 0 Å². The van der Waals surface area contributed by atoms with E-state index in [2.05, 4.69) is 53.9 Å². The number of imidazole rings is 1. The summed E-state index contributed by atoms with van der Waals surface area (Å²) < 4.78 is 2.19. The molecule has 1 heterocycles. The fraction of sp³-hybridized carbons (Fsp3) is 0.438. The predicted molar refractivity (Wildman–Crippen MR) is 79.4 cm³/mol. The molecule has 19 heavy (non-hydrogen) atoms. The Balaban J connectivity index is 2.12. The van der Waals surface area contributed by atoms with Crippen LogP contribution in [0.4, 0.5) is 0 Å². The molecule has 3 nitrogen and oxygen atoms in total. The highest BCUT2D eigenvalue weighted by Crippen LogP contribution is 2.16. The molecule has 0 saturated carbocycles. The van der Waals surface area contributed by atoms with Gasteiger partial charge in [-0.25, -0.2) is 4.98 Å². The van der Waals surface area contributed by atoms with Gasteiger partial charge in [0.1, 0.15) is 5.82 Å². The summed E-state index contributed by atoms with van der Waals surface area (Å²) in [6, 6.07) is 8.84. The molecular formula is C16H23N3. The van der Waals surface area contributed by atoms with Crippen molar-refractivity contribution in [3.8, 4) is 0 Å². The van der Waals surface area contributed by atoms with Crippen molar-refractivity contribution in [2.45, 2.75) is 39.7 Å². The maximum Gasteiger partial charge on any atom is 0.106 e. The minimum Gasteiger partial charge on any atom is -0.330 e. The lowest BCUT2D eigenvalue weighted by atomic mass is 10.0. The molecule has 2 aromatic rings. The van der Waals surface area contributed by atoms with E-state index in [4.69, 9.17) is 5.73 Å². The molecular weight excluding hydrogens is 234 g/mol. The fourth-order valence-electron chi connectivity index (χ4n) is 2.21. The third-order valence-electron chi connectivity index (χ3n) is 3.43. The molecule has 0 aliphatic carbocycles. The first-order valence-corrected chi connectivity index (χ1v) is 6.91. The minimum absolute atomic E-state index is 0.584. The summed E-state index contributed by atoms with van der Waals surface area (Å²) in [7, 11) is 0. The second-order valence-electron chi connectivity index (χ2n) is 5.34. The van der Waals surface area contributed by atoms with E-state index in [1.807, 2.05) is 6.92 Å². The lowest BCUT2D eigenvalue weighted by molar-refractivity contribution is 0.759. The smallest absolute Gasteiger partial charge is 0.106 e. The summed E-state index contributed by atoms with van der Waals surface area (Å²) in [5.41, 5.74) is 9.34. The van der Waals surface area contributed by atoms with E-state index < -0.39 is 0 Å². The third-order valence-corrected chi connectivity index (χ3v) is 3.43. The van der Waals surface area contributed by atoms with Gasteiger partial charge in [-0.3, -0.25) is 0 Å². The van der Waals surface area contributed by atoms with Crippen molar-refractivity contribution in [1.29, 1.82) is 0 Å². The van der Waals surface area contributed by atoms with Crippen LogP contribution in [-0.4, -0.2) is 16.1 Å². The third kappa shape index (κ3) is 3.44. The van der Waals surface area contributed by atoms with Crippen LogP contribution in [0.15, 0.2) is 30.5 Å². The summed E-state index contributed by atoms with van der Waals surface area (Å²) in [4.78, 5) is 4.53. The number of hydrogen-bond donors (Lipinski definition) is 1. The maximum atomic E-state index is 5.57. The average molecular weight is 257 g/mol. The molecule has 2 N–H and O–H groups in total. The zero-order chi connectivity index (χ0) is 13.8. The first-order chi connectivity index (χ1) is 9.10. The van der Waals surface area contributed by atoms with Crippen LogP contribution < -0.4 is 5.73 Å². The van der Waals surface area contributed by atoms with Crippen LogP contribution in [0.2, 0.25) is 0 Å². The van der Waals surface area contributed by atoms with Crippen LogP contribution in [0.1, 0.15) is 42.4 Å². The van der Waals surface area contributed by atoms with Gasteiger partial charge in [0.15, 0.2) is 0 Å². The highest BCUT2D eigenvalue weighted by molar-refractivity contribution is 5.25. The van der Waals surface area contributed by atoms with Gasteiger partial charge in [0, 0.05) is 19.2 Å². The number of benzene rings is 1. The van der Waals surface area contributed by atoms with E-state index >= 15 is 0 Å². The molecule has 1 aromatic heterocycles. The molecule has 0 spiro atoms.